The third kappa shape index (κ3) is 5.14. The second-order valence-electron chi connectivity index (χ2n) is 8.67. The summed E-state index contributed by atoms with van der Waals surface area (Å²) in [5, 5.41) is 2.80. The van der Waals surface area contributed by atoms with Crippen molar-refractivity contribution in [3.05, 3.63) is 60.2 Å². The van der Waals surface area contributed by atoms with Gasteiger partial charge in [-0.3, -0.25) is 9.59 Å². The largest absolute Gasteiger partial charge is 0.360 e. The van der Waals surface area contributed by atoms with Gasteiger partial charge in [0, 0.05) is 37.9 Å². The van der Waals surface area contributed by atoms with E-state index in [0.717, 1.165) is 50.3 Å². The number of nitrogens with zero attached hydrogens (tertiary/aromatic N) is 2. The zero-order valence-electron chi connectivity index (χ0n) is 18.3. The van der Waals surface area contributed by atoms with Gasteiger partial charge in [0.15, 0.2) is 0 Å². The van der Waals surface area contributed by atoms with Crippen LogP contribution in [0.2, 0.25) is 0 Å². The van der Waals surface area contributed by atoms with E-state index in [9.17, 15) is 9.59 Å². The number of hydrogen-bond donors (Lipinski definition) is 1. The summed E-state index contributed by atoms with van der Waals surface area (Å²) in [6.45, 7) is 6.94. The van der Waals surface area contributed by atoms with Gasteiger partial charge in [-0.2, -0.15) is 0 Å². The third-order valence-electron chi connectivity index (χ3n) is 6.31. The van der Waals surface area contributed by atoms with Crippen LogP contribution in [0.3, 0.4) is 0 Å². The number of carbonyl (C=O) groups excluding carboxylic acids is 2. The van der Waals surface area contributed by atoms with E-state index in [4.69, 9.17) is 4.74 Å². The molecular weight excluding hydrogens is 390 g/mol. The first-order valence-electron chi connectivity index (χ1n) is 11.1. The van der Waals surface area contributed by atoms with E-state index in [0.29, 0.717) is 6.54 Å². The first kappa shape index (κ1) is 21.5. The molecule has 0 aliphatic carbocycles. The summed E-state index contributed by atoms with van der Waals surface area (Å²) in [7, 11) is 0. The van der Waals surface area contributed by atoms with Crippen LogP contribution in [0.15, 0.2) is 54.6 Å². The van der Waals surface area contributed by atoms with E-state index in [1.165, 1.54) is 12.5 Å². The minimum atomic E-state index is -0.414. The average Bonchev–Trinajstić information content (AvgIpc) is 2.77. The highest BCUT2D eigenvalue weighted by molar-refractivity contribution is 5.97. The lowest BCUT2D eigenvalue weighted by molar-refractivity contribution is -0.161. The van der Waals surface area contributed by atoms with Crippen molar-refractivity contribution < 1.29 is 14.3 Å². The molecule has 2 aromatic carbocycles. The number of amides is 2. The van der Waals surface area contributed by atoms with Crippen LogP contribution in [-0.4, -0.2) is 54.6 Å². The molecule has 164 valence electrons. The molecule has 0 radical (unpaired) electrons. The van der Waals surface area contributed by atoms with Crippen LogP contribution >= 0.6 is 0 Å². The molecule has 4 rings (SSSR count). The molecule has 0 bridgehead atoms. The van der Waals surface area contributed by atoms with E-state index in [1.807, 2.05) is 54.3 Å². The van der Waals surface area contributed by atoms with Gasteiger partial charge in [-0.05, 0) is 56.0 Å². The molecule has 1 N–H and O–H groups in total. The van der Waals surface area contributed by atoms with Crippen molar-refractivity contribution in [1.82, 2.24) is 4.90 Å². The van der Waals surface area contributed by atoms with E-state index in [-0.39, 0.29) is 17.4 Å². The summed E-state index contributed by atoms with van der Waals surface area (Å²) >= 11 is 0. The van der Waals surface area contributed by atoms with Crippen LogP contribution in [0.5, 0.6) is 0 Å². The van der Waals surface area contributed by atoms with Crippen molar-refractivity contribution in [2.75, 3.05) is 36.4 Å². The maximum atomic E-state index is 12.7. The summed E-state index contributed by atoms with van der Waals surface area (Å²) < 4.78 is 6.28. The Bertz CT molecular complexity index is 905. The van der Waals surface area contributed by atoms with Crippen LogP contribution in [0.25, 0.3) is 0 Å². The van der Waals surface area contributed by atoms with E-state index < -0.39 is 6.10 Å². The molecule has 2 aliphatic heterocycles. The number of benzene rings is 2. The molecular formula is C25H31N3O3. The summed E-state index contributed by atoms with van der Waals surface area (Å²) in [6, 6.07) is 18.0. The minimum absolute atomic E-state index is 0.0435. The van der Waals surface area contributed by atoms with Gasteiger partial charge in [0.25, 0.3) is 5.91 Å². The zero-order chi connectivity index (χ0) is 21.8. The average molecular weight is 422 g/mol. The predicted octanol–water partition coefficient (Wildman–Crippen LogP) is 3.47. The van der Waals surface area contributed by atoms with Crippen molar-refractivity contribution in [2.24, 2.45) is 0 Å². The van der Waals surface area contributed by atoms with Gasteiger partial charge in [0.2, 0.25) is 5.91 Å². The van der Waals surface area contributed by atoms with Gasteiger partial charge in [-0.15, -0.1) is 0 Å². The lowest BCUT2D eigenvalue weighted by atomic mass is 9.88. The molecule has 2 aromatic rings. The number of rotatable bonds is 5. The molecule has 2 heterocycles. The number of nitrogens with one attached hydrogen (secondary N) is 1. The highest BCUT2D eigenvalue weighted by Gasteiger charge is 2.45. The summed E-state index contributed by atoms with van der Waals surface area (Å²) in [5.41, 5.74) is 2.78. The molecule has 6 nitrogen and oxygen atoms in total. The Kier molecular flexibility index (Phi) is 6.39. The Balaban J connectivity index is 1.32. The van der Waals surface area contributed by atoms with Crippen LogP contribution in [0, 0.1) is 0 Å². The van der Waals surface area contributed by atoms with Crippen molar-refractivity contribution in [1.29, 1.82) is 0 Å². The van der Waals surface area contributed by atoms with E-state index >= 15 is 0 Å². The van der Waals surface area contributed by atoms with Crippen LogP contribution < -0.4 is 10.2 Å². The quantitative estimate of drug-likeness (QED) is 0.803. The van der Waals surface area contributed by atoms with Crippen LogP contribution in [0.1, 0.15) is 32.3 Å². The SMILES string of the molecule is CC(=O)Nc1ccc(CCN2CCC3(CC2)CN(c2ccccc2)C(=O)C(C)O3)cc1. The van der Waals surface area contributed by atoms with Crippen molar-refractivity contribution >= 4 is 23.2 Å². The monoisotopic (exact) mass is 421 g/mol. The highest BCUT2D eigenvalue weighted by atomic mass is 16.5. The molecule has 1 atom stereocenters. The molecule has 2 aliphatic rings. The molecule has 1 unspecified atom stereocenters. The maximum absolute atomic E-state index is 12.7. The molecule has 2 amide bonds. The van der Waals surface area contributed by atoms with Gasteiger partial charge in [0.1, 0.15) is 6.10 Å². The Labute approximate surface area is 184 Å². The lowest BCUT2D eigenvalue weighted by Gasteiger charge is -2.49. The Hall–Kier alpha value is -2.70. The highest BCUT2D eigenvalue weighted by Crippen LogP contribution is 2.35. The fraction of sp³-hybridized carbons (Fsp3) is 0.440. The number of likely N-dealkylation sites (tertiary alicyclic amines) is 1. The maximum Gasteiger partial charge on any atom is 0.255 e. The standard InChI is InChI=1S/C25H31N3O3/c1-19-24(30)28(23-6-4-3-5-7-23)18-25(31-19)13-16-27(17-14-25)15-12-21-8-10-22(11-9-21)26-20(2)29/h3-11,19H,12-18H2,1-2H3,(H,26,29). The van der Waals surface area contributed by atoms with Gasteiger partial charge >= 0.3 is 0 Å². The minimum Gasteiger partial charge on any atom is -0.360 e. The lowest BCUT2D eigenvalue weighted by Crippen LogP contribution is -2.61. The Morgan fingerprint density at radius 2 is 1.77 bits per heavy atom. The topological polar surface area (TPSA) is 61.9 Å². The van der Waals surface area contributed by atoms with Crippen LogP contribution in [-0.2, 0) is 20.7 Å². The number of ether oxygens (including phenoxy) is 1. The number of anilines is 2. The summed E-state index contributed by atoms with van der Waals surface area (Å²) in [5.74, 6) is -0.0104. The summed E-state index contributed by atoms with van der Waals surface area (Å²) in [6.07, 6.45) is 2.41. The van der Waals surface area contributed by atoms with Gasteiger partial charge in [-0.25, -0.2) is 0 Å². The Morgan fingerprint density at radius 3 is 2.42 bits per heavy atom. The normalized spacial score (nSPS) is 21.3. The molecule has 2 saturated heterocycles. The number of para-hydroxylation sites is 1. The molecule has 2 fully saturated rings. The molecule has 31 heavy (non-hydrogen) atoms. The first-order chi connectivity index (χ1) is 14.9. The number of piperidine rings is 1. The third-order valence-corrected chi connectivity index (χ3v) is 6.31. The second-order valence-corrected chi connectivity index (χ2v) is 8.67. The van der Waals surface area contributed by atoms with Crippen molar-refractivity contribution in [3.63, 3.8) is 0 Å². The van der Waals surface area contributed by atoms with E-state index in [2.05, 4.69) is 22.3 Å². The van der Waals surface area contributed by atoms with Gasteiger partial charge in [-0.1, -0.05) is 30.3 Å². The Morgan fingerprint density at radius 1 is 1.10 bits per heavy atom. The van der Waals surface area contributed by atoms with Crippen molar-refractivity contribution in [3.8, 4) is 0 Å². The smallest absolute Gasteiger partial charge is 0.255 e. The fourth-order valence-electron chi connectivity index (χ4n) is 4.58. The summed E-state index contributed by atoms with van der Waals surface area (Å²) in [4.78, 5) is 28.3. The van der Waals surface area contributed by atoms with Crippen molar-refractivity contribution in [2.45, 2.75) is 44.8 Å². The molecule has 6 heteroatoms. The molecule has 1 spiro atoms. The van der Waals surface area contributed by atoms with Gasteiger partial charge < -0.3 is 19.9 Å². The predicted molar refractivity (Wildman–Crippen MR) is 122 cm³/mol. The first-order valence-corrected chi connectivity index (χ1v) is 11.1. The van der Waals surface area contributed by atoms with E-state index in [1.54, 1.807) is 0 Å². The fourth-order valence-corrected chi connectivity index (χ4v) is 4.58. The second kappa shape index (κ2) is 9.20. The number of hydrogen-bond acceptors (Lipinski definition) is 4. The number of carbonyl (C=O) groups is 2. The molecule has 0 aromatic heterocycles. The van der Waals surface area contributed by atoms with Crippen LogP contribution in [0.4, 0.5) is 11.4 Å². The van der Waals surface area contributed by atoms with Gasteiger partial charge in [0.05, 0.1) is 12.1 Å². The number of morpholine rings is 1. The zero-order valence-corrected chi connectivity index (χ0v) is 18.3. The molecule has 0 saturated carbocycles.